The highest BCUT2D eigenvalue weighted by atomic mass is 32.2. The van der Waals surface area contributed by atoms with Gasteiger partial charge >= 0.3 is 0 Å². The molecule has 0 fully saturated rings. The number of nitrogens with two attached hydrogens (primary N) is 1. The summed E-state index contributed by atoms with van der Waals surface area (Å²) in [7, 11) is 1.49. The summed E-state index contributed by atoms with van der Waals surface area (Å²) in [5.41, 5.74) is 6.99. The van der Waals surface area contributed by atoms with Crippen LogP contribution in [0.1, 0.15) is 36.5 Å². The zero-order valence-electron chi connectivity index (χ0n) is 14.8. The fraction of sp³-hybridized carbons (Fsp3) is 0.353. The highest BCUT2D eigenvalue weighted by Gasteiger charge is 2.34. The van der Waals surface area contributed by atoms with Gasteiger partial charge in [-0.2, -0.15) is 0 Å². The summed E-state index contributed by atoms with van der Waals surface area (Å²) < 4.78 is 4.94. The van der Waals surface area contributed by atoms with Crippen molar-refractivity contribution >= 4 is 28.5 Å². The second-order valence-corrected chi connectivity index (χ2v) is 7.64. The zero-order chi connectivity index (χ0) is 18.7. The van der Waals surface area contributed by atoms with Gasteiger partial charge in [0.25, 0.3) is 5.91 Å². The average Bonchev–Trinajstić information content (AvgIpc) is 2.61. The Labute approximate surface area is 155 Å². The molecule has 136 valence electrons. The van der Waals surface area contributed by atoms with Crippen LogP contribution in [-0.4, -0.2) is 38.4 Å². The van der Waals surface area contributed by atoms with Crippen LogP contribution in [0.5, 0.6) is 5.88 Å². The Bertz CT molecular complexity index is 841. The fourth-order valence-corrected chi connectivity index (χ4v) is 3.90. The van der Waals surface area contributed by atoms with Crippen LogP contribution in [0, 0.1) is 0 Å². The van der Waals surface area contributed by atoms with Gasteiger partial charge in [0, 0.05) is 17.1 Å². The van der Waals surface area contributed by atoms with Crippen molar-refractivity contribution in [1.29, 1.82) is 0 Å². The van der Waals surface area contributed by atoms with Crippen molar-refractivity contribution in [2.24, 2.45) is 10.7 Å². The number of aliphatic imine (C=N–C) groups is 1. The smallest absolute Gasteiger partial charge is 0.275 e. The number of nitrogens with zero attached hydrogens (tertiary/aromatic N) is 4. The van der Waals surface area contributed by atoms with Crippen molar-refractivity contribution < 1.29 is 9.53 Å². The lowest BCUT2D eigenvalue weighted by Gasteiger charge is -2.32. The predicted molar refractivity (Wildman–Crippen MR) is 101 cm³/mol. The maximum absolute atomic E-state index is 12.4. The number of amides is 1. The number of nitrogens with one attached hydrogen (secondary N) is 1. The van der Waals surface area contributed by atoms with E-state index in [-0.39, 0.29) is 11.6 Å². The molecule has 1 aliphatic rings. The minimum absolute atomic E-state index is 0.195. The number of carbonyl (C=O) groups excluding carboxylic acids is 1. The number of methoxy groups -OCH3 is 1. The second-order valence-electron chi connectivity index (χ2n) is 6.18. The summed E-state index contributed by atoms with van der Waals surface area (Å²) in [5, 5.41) is 3.70. The summed E-state index contributed by atoms with van der Waals surface area (Å²) in [6.07, 6.45) is 5.22. The first kappa shape index (κ1) is 18.1. The molecule has 0 bridgehead atoms. The van der Waals surface area contributed by atoms with E-state index in [9.17, 15) is 4.79 Å². The first-order chi connectivity index (χ1) is 12.4. The molecule has 1 amide bonds. The van der Waals surface area contributed by atoms with Crippen LogP contribution in [0.4, 0.5) is 5.69 Å². The zero-order valence-corrected chi connectivity index (χ0v) is 15.6. The number of anilines is 1. The average molecular weight is 372 g/mol. The Kier molecular flexibility index (Phi) is 5.08. The normalized spacial score (nSPS) is 22.4. The van der Waals surface area contributed by atoms with Gasteiger partial charge in [-0.25, -0.2) is 15.0 Å². The molecule has 1 aliphatic heterocycles. The molecule has 2 atom stereocenters. The molecule has 0 spiro atoms. The Morgan fingerprint density at radius 1 is 1.38 bits per heavy atom. The van der Waals surface area contributed by atoms with E-state index in [0.29, 0.717) is 22.0 Å². The number of hydrogen-bond donors (Lipinski definition) is 2. The molecule has 0 radical (unpaired) electrons. The molecule has 0 aliphatic carbocycles. The summed E-state index contributed by atoms with van der Waals surface area (Å²) in [6, 6.07) is 3.53. The maximum atomic E-state index is 12.4. The Morgan fingerprint density at radius 3 is 2.85 bits per heavy atom. The molecular weight excluding hydrogens is 352 g/mol. The monoisotopic (exact) mass is 372 g/mol. The molecule has 3 rings (SSSR count). The van der Waals surface area contributed by atoms with Gasteiger partial charge in [-0.3, -0.25) is 9.78 Å². The highest BCUT2D eigenvalue weighted by molar-refractivity contribution is 8.14. The van der Waals surface area contributed by atoms with Gasteiger partial charge in [0.15, 0.2) is 5.17 Å². The van der Waals surface area contributed by atoms with Crippen molar-refractivity contribution in [2.75, 3.05) is 12.4 Å². The van der Waals surface area contributed by atoms with E-state index in [1.54, 1.807) is 24.0 Å². The van der Waals surface area contributed by atoms with Crippen LogP contribution in [0.25, 0.3) is 0 Å². The summed E-state index contributed by atoms with van der Waals surface area (Å²) in [4.78, 5) is 29.4. The van der Waals surface area contributed by atoms with E-state index in [0.717, 1.165) is 12.1 Å². The fourth-order valence-electron chi connectivity index (χ4n) is 2.82. The van der Waals surface area contributed by atoms with Crippen LogP contribution in [0.15, 0.2) is 35.7 Å². The van der Waals surface area contributed by atoms with E-state index in [2.05, 4.69) is 32.2 Å². The number of rotatable bonds is 4. The summed E-state index contributed by atoms with van der Waals surface area (Å²) >= 11 is 1.56. The third kappa shape index (κ3) is 3.93. The Morgan fingerprint density at radius 2 is 2.19 bits per heavy atom. The summed E-state index contributed by atoms with van der Waals surface area (Å²) in [6.45, 7) is 4.11. The summed E-state index contributed by atoms with van der Waals surface area (Å²) in [5.74, 6) is -0.0153. The molecule has 9 heteroatoms. The van der Waals surface area contributed by atoms with Gasteiger partial charge < -0.3 is 15.8 Å². The van der Waals surface area contributed by atoms with Gasteiger partial charge in [-0.05, 0) is 25.5 Å². The topological polar surface area (TPSA) is 115 Å². The molecule has 0 aromatic carbocycles. The number of carbonyl (C=O) groups is 1. The standard InChI is InChI=1S/C17H20N6O2S/c1-10-7-17(2,23-16(18)26-10)13-6-11(4-5-19-13)22-15(24)12-8-21-14(25-3)9-20-12/h4-6,8-10H,7H2,1-3H3,(H2,18,23)(H,19,22,24)/t10-,17+/m1/s1. The van der Waals surface area contributed by atoms with Crippen LogP contribution >= 0.6 is 11.8 Å². The SMILES string of the molecule is COc1cnc(C(=O)Nc2ccnc([C@]3(C)C[C@@H](C)SC(N)=N3)c2)cn1. The lowest BCUT2D eigenvalue weighted by Crippen LogP contribution is -2.33. The van der Waals surface area contributed by atoms with E-state index in [4.69, 9.17) is 10.5 Å². The molecule has 3 heterocycles. The highest BCUT2D eigenvalue weighted by Crippen LogP contribution is 2.38. The third-order valence-corrected chi connectivity index (χ3v) is 4.91. The molecule has 0 saturated carbocycles. The number of thioether (sulfide) groups is 1. The molecule has 26 heavy (non-hydrogen) atoms. The van der Waals surface area contributed by atoms with E-state index >= 15 is 0 Å². The maximum Gasteiger partial charge on any atom is 0.275 e. The number of pyridine rings is 1. The lowest BCUT2D eigenvalue weighted by molar-refractivity contribution is 0.102. The van der Waals surface area contributed by atoms with Crippen molar-refractivity contribution in [3.8, 4) is 5.88 Å². The number of aromatic nitrogens is 3. The van der Waals surface area contributed by atoms with Crippen LogP contribution in [-0.2, 0) is 5.54 Å². The van der Waals surface area contributed by atoms with Crippen molar-refractivity contribution in [1.82, 2.24) is 15.0 Å². The minimum atomic E-state index is -0.518. The molecular formula is C17H20N6O2S. The lowest BCUT2D eigenvalue weighted by atomic mass is 9.91. The van der Waals surface area contributed by atoms with E-state index in [1.165, 1.54) is 19.5 Å². The van der Waals surface area contributed by atoms with Crippen molar-refractivity contribution in [2.45, 2.75) is 31.1 Å². The predicted octanol–water partition coefficient (Wildman–Crippen LogP) is 2.19. The number of ether oxygens (including phenoxy) is 1. The minimum Gasteiger partial charge on any atom is -0.480 e. The van der Waals surface area contributed by atoms with Gasteiger partial charge in [0.2, 0.25) is 5.88 Å². The van der Waals surface area contributed by atoms with Crippen molar-refractivity contribution in [3.05, 3.63) is 42.1 Å². The number of hydrogen-bond acceptors (Lipinski definition) is 8. The second kappa shape index (κ2) is 7.28. The first-order valence-corrected chi connectivity index (χ1v) is 8.93. The van der Waals surface area contributed by atoms with Gasteiger partial charge in [-0.1, -0.05) is 18.7 Å². The first-order valence-electron chi connectivity index (χ1n) is 8.05. The Balaban J connectivity index is 1.81. The van der Waals surface area contributed by atoms with E-state index < -0.39 is 5.54 Å². The Hall–Kier alpha value is -2.68. The van der Waals surface area contributed by atoms with E-state index in [1.807, 2.05) is 13.0 Å². The van der Waals surface area contributed by atoms with Crippen LogP contribution < -0.4 is 15.8 Å². The van der Waals surface area contributed by atoms with Gasteiger partial charge in [-0.15, -0.1) is 0 Å². The quantitative estimate of drug-likeness (QED) is 0.845. The van der Waals surface area contributed by atoms with Crippen molar-refractivity contribution in [3.63, 3.8) is 0 Å². The molecule has 2 aromatic heterocycles. The van der Waals surface area contributed by atoms with Crippen LogP contribution in [0.2, 0.25) is 0 Å². The van der Waals surface area contributed by atoms with Gasteiger partial charge in [0.1, 0.15) is 11.2 Å². The molecule has 0 saturated heterocycles. The van der Waals surface area contributed by atoms with Gasteiger partial charge in [0.05, 0.1) is 25.2 Å². The molecule has 3 N–H and O–H groups in total. The molecule has 2 aromatic rings. The largest absolute Gasteiger partial charge is 0.480 e. The molecule has 0 unspecified atom stereocenters. The third-order valence-electron chi connectivity index (χ3n) is 4.00. The van der Waals surface area contributed by atoms with Crippen LogP contribution in [0.3, 0.4) is 0 Å². The molecule has 8 nitrogen and oxygen atoms in total. The number of amidine groups is 1.